The second kappa shape index (κ2) is 6.37. The fraction of sp³-hybridized carbons (Fsp3) is 0.800. The van der Waals surface area contributed by atoms with Crippen molar-refractivity contribution in [3.63, 3.8) is 0 Å². The van der Waals surface area contributed by atoms with Gasteiger partial charge in [-0.2, -0.15) is 5.10 Å². The highest BCUT2D eigenvalue weighted by molar-refractivity contribution is 5.08. The van der Waals surface area contributed by atoms with Crippen LogP contribution in [0.3, 0.4) is 0 Å². The Bertz CT molecular complexity index is 364. The zero-order valence-electron chi connectivity index (χ0n) is 12.1. The third-order valence-corrected chi connectivity index (χ3v) is 4.25. The van der Waals surface area contributed by atoms with Crippen molar-refractivity contribution in [1.82, 2.24) is 15.1 Å². The van der Waals surface area contributed by atoms with Crippen LogP contribution in [-0.2, 0) is 13.1 Å². The predicted molar refractivity (Wildman–Crippen MR) is 75.5 cm³/mol. The van der Waals surface area contributed by atoms with E-state index in [2.05, 4.69) is 41.9 Å². The van der Waals surface area contributed by atoms with Crippen LogP contribution in [0.2, 0.25) is 0 Å². The molecule has 1 aliphatic rings. The van der Waals surface area contributed by atoms with Crippen molar-refractivity contribution in [2.45, 2.75) is 72.0 Å². The van der Waals surface area contributed by atoms with Crippen LogP contribution in [0.1, 0.15) is 57.3 Å². The zero-order chi connectivity index (χ0) is 13.0. The summed E-state index contributed by atoms with van der Waals surface area (Å²) in [7, 11) is 0. The summed E-state index contributed by atoms with van der Waals surface area (Å²) in [6, 6.07) is 2.83. The molecule has 1 unspecified atom stereocenters. The quantitative estimate of drug-likeness (QED) is 0.868. The molecule has 0 aliphatic heterocycles. The van der Waals surface area contributed by atoms with E-state index < -0.39 is 0 Å². The van der Waals surface area contributed by atoms with Crippen LogP contribution in [-0.4, -0.2) is 15.8 Å². The topological polar surface area (TPSA) is 29.9 Å². The first-order valence-electron chi connectivity index (χ1n) is 7.47. The monoisotopic (exact) mass is 249 g/mol. The molecular formula is C15H27N3. The number of hydrogen-bond acceptors (Lipinski definition) is 2. The standard InChI is InChI=1S/C15H27N3/c1-4-18-15(10-12(2)17-18)11-16-13(3)14-8-6-5-7-9-14/h10,13-14,16H,4-9,11H2,1-3H3. The number of rotatable bonds is 5. The lowest BCUT2D eigenvalue weighted by atomic mass is 9.84. The normalized spacial score (nSPS) is 19.1. The largest absolute Gasteiger partial charge is 0.308 e. The molecular weight excluding hydrogens is 222 g/mol. The van der Waals surface area contributed by atoms with E-state index in [4.69, 9.17) is 0 Å². The van der Waals surface area contributed by atoms with E-state index in [1.165, 1.54) is 37.8 Å². The Balaban J connectivity index is 1.86. The second-order valence-corrected chi connectivity index (χ2v) is 5.66. The van der Waals surface area contributed by atoms with Crippen molar-refractivity contribution in [2.75, 3.05) is 0 Å². The summed E-state index contributed by atoms with van der Waals surface area (Å²) in [6.45, 7) is 8.48. The van der Waals surface area contributed by atoms with E-state index in [0.717, 1.165) is 24.7 Å². The Morgan fingerprint density at radius 2 is 2.11 bits per heavy atom. The molecule has 0 spiro atoms. The Morgan fingerprint density at radius 3 is 2.78 bits per heavy atom. The molecule has 1 N–H and O–H groups in total. The fourth-order valence-corrected chi connectivity index (χ4v) is 3.08. The molecule has 1 fully saturated rings. The minimum Gasteiger partial charge on any atom is -0.308 e. The molecule has 1 saturated carbocycles. The molecule has 1 atom stereocenters. The molecule has 0 radical (unpaired) electrons. The van der Waals surface area contributed by atoms with Gasteiger partial charge in [0, 0.05) is 19.1 Å². The van der Waals surface area contributed by atoms with Gasteiger partial charge in [-0.05, 0) is 45.6 Å². The highest BCUT2D eigenvalue weighted by atomic mass is 15.3. The maximum Gasteiger partial charge on any atom is 0.0597 e. The Hall–Kier alpha value is -0.830. The predicted octanol–water partition coefficient (Wildman–Crippen LogP) is 3.27. The second-order valence-electron chi connectivity index (χ2n) is 5.66. The summed E-state index contributed by atoms with van der Waals surface area (Å²) in [5.74, 6) is 0.873. The molecule has 0 saturated heterocycles. The molecule has 18 heavy (non-hydrogen) atoms. The van der Waals surface area contributed by atoms with Gasteiger partial charge in [0.25, 0.3) is 0 Å². The molecule has 102 valence electrons. The molecule has 0 amide bonds. The van der Waals surface area contributed by atoms with Gasteiger partial charge in [0.1, 0.15) is 0 Å². The van der Waals surface area contributed by atoms with Crippen molar-refractivity contribution >= 4 is 0 Å². The van der Waals surface area contributed by atoms with Crippen LogP contribution in [0.15, 0.2) is 6.07 Å². The van der Waals surface area contributed by atoms with E-state index in [0.29, 0.717) is 6.04 Å². The van der Waals surface area contributed by atoms with Gasteiger partial charge >= 0.3 is 0 Å². The molecule has 0 bridgehead atoms. The number of nitrogens with one attached hydrogen (secondary N) is 1. The van der Waals surface area contributed by atoms with Gasteiger partial charge in [0.05, 0.1) is 11.4 Å². The highest BCUT2D eigenvalue weighted by Crippen LogP contribution is 2.26. The third kappa shape index (κ3) is 3.35. The van der Waals surface area contributed by atoms with Gasteiger partial charge in [0.2, 0.25) is 0 Å². The van der Waals surface area contributed by atoms with Crippen LogP contribution in [0.25, 0.3) is 0 Å². The van der Waals surface area contributed by atoms with Gasteiger partial charge in [-0.15, -0.1) is 0 Å². The average Bonchev–Trinajstić information content (AvgIpc) is 2.77. The van der Waals surface area contributed by atoms with Crippen molar-refractivity contribution in [3.05, 3.63) is 17.5 Å². The first kappa shape index (κ1) is 13.6. The van der Waals surface area contributed by atoms with Gasteiger partial charge in [-0.1, -0.05) is 19.3 Å². The molecule has 3 nitrogen and oxygen atoms in total. The van der Waals surface area contributed by atoms with Crippen LogP contribution >= 0.6 is 0 Å². The van der Waals surface area contributed by atoms with Crippen LogP contribution in [0.4, 0.5) is 0 Å². The summed E-state index contributed by atoms with van der Waals surface area (Å²) in [5, 5.41) is 8.19. The summed E-state index contributed by atoms with van der Waals surface area (Å²) in [4.78, 5) is 0. The molecule has 1 aromatic heterocycles. The molecule has 1 heterocycles. The first-order chi connectivity index (χ1) is 8.70. The van der Waals surface area contributed by atoms with E-state index in [1.54, 1.807) is 0 Å². The Kier molecular flexibility index (Phi) is 4.81. The summed E-state index contributed by atoms with van der Waals surface area (Å²) >= 11 is 0. The smallest absolute Gasteiger partial charge is 0.0597 e. The molecule has 3 heteroatoms. The maximum atomic E-state index is 4.50. The Labute approximate surface area is 111 Å². The van der Waals surface area contributed by atoms with Crippen LogP contribution in [0, 0.1) is 12.8 Å². The minimum absolute atomic E-state index is 0.630. The lowest BCUT2D eigenvalue weighted by Crippen LogP contribution is -2.34. The van der Waals surface area contributed by atoms with Crippen LogP contribution < -0.4 is 5.32 Å². The fourth-order valence-electron chi connectivity index (χ4n) is 3.08. The number of hydrogen-bond donors (Lipinski definition) is 1. The highest BCUT2D eigenvalue weighted by Gasteiger charge is 2.19. The van der Waals surface area contributed by atoms with Crippen molar-refractivity contribution < 1.29 is 0 Å². The molecule has 1 aromatic rings. The van der Waals surface area contributed by atoms with Gasteiger partial charge in [-0.3, -0.25) is 4.68 Å². The third-order valence-electron chi connectivity index (χ3n) is 4.25. The van der Waals surface area contributed by atoms with Gasteiger partial charge in [0.15, 0.2) is 0 Å². The molecule has 1 aliphatic carbocycles. The van der Waals surface area contributed by atoms with Crippen LogP contribution in [0.5, 0.6) is 0 Å². The number of nitrogens with zero attached hydrogens (tertiary/aromatic N) is 2. The lowest BCUT2D eigenvalue weighted by molar-refractivity contribution is 0.279. The van der Waals surface area contributed by atoms with Gasteiger partial charge < -0.3 is 5.32 Å². The van der Waals surface area contributed by atoms with Gasteiger partial charge in [-0.25, -0.2) is 0 Å². The first-order valence-corrected chi connectivity index (χ1v) is 7.47. The van der Waals surface area contributed by atoms with E-state index in [-0.39, 0.29) is 0 Å². The number of aromatic nitrogens is 2. The minimum atomic E-state index is 0.630. The number of aryl methyl sites for hydroxylation is 2. The Morgan fingerprint density at radius 1 is 1.39 bits per heavy atom. The zero-order valence-corrected chi connectivity index (χ0v) is 12.1. The average molecular weight is 249 g/mol. The summed E-state index contributed by atoms with van der Waals surface area (Å²) in [5.41, 5.74) is 2.44. The van der Waals surface area contributed by atoms with E-state index >= 15 is 0 Å². The molecule has 0 aromatic carbocycles. The SMILES string of the molecule is CCn1nc(C)cc1CNC(C)C1CCCCC1. The van der Waals surface area contributed by atoms with Crippen molar-refractivity contribution in [3.8, 4) is 0 Å². The molecule has 2 rings (SSSR count). The van der Waals surface area contributed by atoms with E-state index in [9.17, 15) is 0 Å². The van der Waals surface area contributed by atoms with E-state index in [1.807, 2.05) is 0 Å². The van der Waals surface area contributed by atoms with Crippen molar-refractivity contribution in [2.24, 2.45) is 5.92 Å². The summed E-state index contributed by atoms with van der Waals surface area (Å²) in [6.07, 6.45) is 7.08. The van der Waals surface area contributed by atoms with Crippen molar-refractivity contribution in [1.29, 1.82) is 0 Å². The lowest BCUT2D eigenvalue weighted by Gasteiger charge is -2.28. The summed E-state index contributed by atoms with van der Waals surface area (Å²) < 4.78 is 2.11. The maximum absolute atomic E-state index is 4.50.